The molecule has 0 saturated heterocycles. The number of hydrogen-bond donors (Lipinski definition) is 0. The van der Waals surface area contributed by atoms with Gasteiger partial charge in [-0.15, -0.1) is 0 Å². The van der Waals surface area contributed by atoms with Crippen molar-refractivity contribution in [2.45, 2.75) is 106 Å². The first-order valence-electron chi connectivity index (χ1n) is 12.8. The zero-order valence-electron chi connectivity index (χ0n) is 22.6. The highest BCUT2D eigenvalue weighted by Gasteiger charge is 2.11. The molecule has 0 aliphatic carbocycles. The number of ether oxygens (including phenoxy) is 3. The van der Waals surface area contributed by atoms with Gasteiger partial charge in [-0.25, -0.2) is 0 Å². The van der Waals surface area contributed by atoms with Crippen molar-refractivity contribution < 1.29 is 19.0 Å². The Morgan fingerprint density at radius 2 is 1.26 bits per heavy atom. The predicted molar refractivity (Wildman–Crippen MR) is 148 cm³/mol. The first-order chi connectivity index (χ1) is 16.2. The second kappa shape index (κ2) is 22.3. The molecule has 0 atom stereocenters. The van der Waals surface area contributed by atoms with Gasteiger partial charge in [-0.2, -0.15) is 0 Å². The van der Waals surface area contributed by atoms with Crippen LogP contribution in [0.15, 0.2) is 46.6 Å². The van der Waals surface area contributed by atoms with Crippen LogP contribution in [0, 0.1) is 0 Å². The number of carbonyl (C=O) groups excluding carboxylic acids is 1. The van der Waals surface area contributed by atoms with Gasteiger partial charge in [-0.1, -0.05) is 68.9 Å². The summed E-state index contributed by atoms with van der Waals surface area (Å²) < 4.78 is 17.4. The van der Waals surface area contributed by atoms with E-state index in [-0.39, 0.29) is 5.97 Å². The minimum Gasteiger partial charge on any atom is -0.465 e. The van der Waals surface area contributed by atoms with Crippen LogP contribution < -0.4 is 0 Å². The van der Waals surface area contributed by atoms with Crippen LogP contribution >= 0.6 is 15.9 Å². The Balaban J connectivity index is 4.59. The lowest BCUT2D eigenvalue weighted by molar-refractivity contribution is -0.154. The van der Waals surface area contributed by atoms with Crippen molar-refractivity contribution in [3.8, 4) is 0 Å². The summed E-state index contributed by atoms with van der Waals surface area (Å²) in [7, 11) is 0. The molecule has 0 radical (unpaired) electrons. The van der Waals surface area contributed by atoms with Gasteiger partial charge in [-0.05, 0) is 80.1 Å². The Morgan fingerprint density at radius 3 is 1.74 bits per heavy atom. The second-order valence-electron chi connectivity index (χ2n) is 9.35. The molecule has 5 heteroatoms. The zero-order valence-corrected chi connectivity index (χ0v) is 24.2. The van der Waals surface area contributed by atoms with Crippen molar-refractivity contribution >= 4 is 21.9 Å². The Bertz CT molecular complexity index is 611. The second-order valence-corrected chi connectivity index (χ2v) is 10.1. The van der Waals surface area contributed by atoms with Gasteiger partial charge in [0.1, 0.15) is 0 Å². The number of halogens is 1. The highest BCUT2D eigenvalue weighted by Crippen LogP contribution is 2.11. The lowest BCUT2D eigenvalue weighted by Gasteiger charge is -2.17. The Kier molecular flexibility index (Phi) is 21.5. The SMILES string of the molecule is CC(C)=CCC/C(C)=C/COC(CCOC(=O)CCCCCBr)OC/C=C(\C)CCC=C(C)C. The molecule has 0 unspecified atom stereocenters. The average molecular weight is 542 g/mol. The van der Waals surface area contributed by atoms with Gasteiger partial charge in [0.15, 0.2) is 6.29 Å². The molecule has 0 bridgehead atoms. The largest absolute Gasteiger partial charge is 0.465 e. The molecule has 0 rings (SSSR count). The molecule has 0 saturated carbocycles. The number of esters is 1. The normalized spacial score (nSPS) is 12.9. The van der Waals surface area contributed by atoms with Gasteiger partial charge in [-0.3, -0.25) is 4.79 Å². The highest BCUT2D eigenvalue weighted by molar-refractivity contribution is 9.09. The van der Waals surface area contributed by atoms with Gasteiger partial charge in [0.05, 0.1) is 19.8 Å². The van der Waals surface area contributed by atoms with Crippen LogP contribution in [-0.4, -0.2) is 37.4 Å². The monoisotopic (exact) mass is 540 g/mol. The molecule has 0 aliphatic heterocycles. The Morgan fingerprint density at radius 1 is 0.735 bits per heavy atom. The molecule has 0 aromatic carbocycles. The molecular formula is C29H49BrO4. The van der Waals surface area contributed by atoms with Crippen LogP contribution in [0.25, 0.3) is 0 Å². The van der Waals surface area contributed by atoms with Crippen molar-refractivity contribution in [2.75, 3.05) is 25.2 Å². The molecule has 0 heterocycles. The molecule has 0 spiro atoms. The van der Waals surface area contributed by atoms with Crippen molar-refractivity contribution in [1.82, 2.24) is 0 Å². The van der Waals surface area contributed by atoms with Crippen LogP contribution in [0.4, 0.5) is 0 Å². The summed E-state index contributed by atoms with van der Waals surface area (Å²) in [6.45, 7) is 14.1. The molecule has 0 N–H and O–H groups in total. The minimum absolute atomic E-state index is 0.140. The van der Waals surface area contributed by atoms with E-state index in [4.69, 9.17) is 14.2 Å². The van der Waals surface area contributed by atoms with Crippen LogP contribution in [0.1, 0.15) is 99.3 Å². The van der Waals surface area contributed by atoms with E-state index in [1.54, 1.807) is 0 Å². The van der Waals surface area contributed by atoms with E-state index in [1.807, 2.05) is 0 Å². The van der Waals surface area contributed by atoms with Gasteiger partial charge in [0.25, 0.3) is 0 Å². The summed E-state index contributed by atoms with van der Waals surface area (Å²) in [4.78, 5) is 11.9. The van der Waals surface area contributed by atoms with Crippen molar-refractivity contribution in [1.29, 1.82) is 0 Å². The lowest BCUT2D eigenvalue weighted by Crippen LogP contribution is -2.21. The van der Waals surface area contributed by atoms with Crippen molar-refractivity contribution in [2.24, 2.45) is 0 Å². The number of allylic oxidation sites excluding steroid dienone is 6. The summed E-state index contributed by atoms with van der Waals surface area (Å²) in [5.41, 5.74) is 5.31. The van der Waals surface area contributed by atoms with E-state index in [1.165, 1.54) is 22.3 Å². The van der Waals surface area contributed by atoms with Crippen LogP contribution in [0.2, 0.25) is 0 Å². The third kappa shape index (κ3) is 22.6. The number of alkyl halides is 1. The quantitative estimate of drug-likeness (QED) is 0.0509. The summed E-state index contributed by atoms with van der Waals surface area (Å²) in [6.07, 6.45) is 16.5. The number of rotatable bonds is 20. The number of unbranched alkanes of at least 4 members (excludes halogenated alkanes) is 2. The molecule has 0 aromatic heterocycles. The van der Waals surface area contributed by atoms with Crippen LogP contribution in [0.5, 0.6) is 0 Å². The van der Waals surface area contributed by atoms with Gasteiger partial charge in [0, 0.05) is 18.2 Å². The van der Waals surface area contributed by atoms with Gasteiger partial charge in [0.2, 0.25) is 0 Å². The molecule has 0 aromatic rings. The van der Waals surface area contributed by atoms with E-state index in [9.17, 15) is 4.79 Å². The van der Waals surface area contributed by atoms with Crippen LogP contribution in [-0.2, 0) is 19.0 Å². The first kappa shape index (κ1) is 32.8. The molecule has 34 heavy (non-hydrogen) atoms. The maximum absolute atomic E-state index is 11.9. The van der Waals surface area contributed by atoms with E-state index in [2.05, 4.69) is 81.8 Å². The summed E-state index contributed by atoms with van der Waals surface area (Å²) >= 11 is 3.41. The fraction of sp³-hybridized carbons (Fsp3) is 0.690. The smallest absolute Gasteiger partial charge is 0.305 e. The molecule has 196 valence electrons. The fourth-order valence-electron chi connectivity index (χ4n) is 3.07. The first-order valence-corrected chi connectivity index (χ1v) is 13.9. The predicted octanol–water partition coefficient (Wildman–Crippen LogP) is 8.62. The molecular weight excluding hydrogens is 492 g/mol. The van der Waals surface area contributed by atoms with Gasteiger partial charge >= 0.3 is 5.97 Å². The number of carbonyl (C=O) groups is 1. The fourth-order valence-corrected chi connectivity index (χ4v) is 3.47. The number of hydrogen-bond acceptors (Lipinski definition) is 4. The molecule has 4 nitrogen and oxygen atoms in total. The summed E-state index contributed by atoms with van der Waals surface area (Å²) in [6, 6.07) is 0. The Hall–Kier alpha value is -1.17. The van der Waals surface area contributed by atoms with Crippen molar-refractivity contribution in [3.63, 3.8) is 0 Å². The van der Waals surface area contributed by atoms with Crippen LogP contribution in [0.3, 0.4) is 0 Å². The third-order valence-corrected chi connectivity index (χ3v) is 5.80. The maximum Gasteiger partial charge on any atom is 0.305 e. The van der Waals surface area contributed by atoms with E-state index < -0.39 is 6.29 Å². The van der Waals surface area contributed by atoms with E-state index in [0.29, 0.717) is 32.7 Å². The molecule has 0 aliphatic rings. The molecule has 0 amide bonds. The summed E-state index contributed by atoms with van der Waals surface area (Å²) in [5, 5.41) is 0.976. The lowest BCUT2D eigenvalue weighted by atomic mass is 10.1. The van der Waals surface area contributed by atoms with Crippen molar-refractivity contribution in [3.05, 3.63) is 46.6 Å². The Labute approximate surface area is 218 Å². The zero-order chi connectivity index (χ0) is 25.6. The van der Waals surface area contributed by atoms with E-state index in [0.717, 1.165) is 50.3 Å². The summed E-state index contributed by atoms with van der Waals surface area (Å²) in [5.74, 6) is -0.140. The average Bonchev–Trinajstić information content (AvgIpc) is 2.76. The third-order valence-electron chi connectivity index (χ3n) is 5.24. The van der Waals surface area contributed by atoms with E-state index >= 15 is 0 Å². The van der Waals surface area contributed by atoms with Gasteiger partial charge < -0.3 is 14.2 Å². The minimum atomic E-state index is -0.398. The standard InChI is InChI=1S/C29H49BrO4/c1-24(2)12-10-14-26(5)17-21-33-29(19-23-32-28(31)16-8-7-9-20-30)34-22-18-27(6)15-11-13-25(3)4/h12-13,17-18,29H,7-11,14-16,19-23H2,1-6H3/b26-17+,27-18+. The highest BCUT2D eigenvalue weighted by atomic mass is 79.9. The maximum atomic E-state index is 11.9. The molecule has 0 fully saturated rings. The topological polar surface area (TPSA) is 44.8 Å².